The molecule has 1 aliphatic carbocycles. The molecule has 1 fully saturated rings. The Morgan fingerprint density at radius 2 is 2.12 bits per heavy atom. The zero-order chi connectivity index (χ0) is 11.8. The number of nitrogens with two attached hydrogens (primary N) is 1. The average molecular weight is 240 g/mol. The molecule has 0 amide bonds. The van der Waals surface area contributed by atoms with Crippen molar-refractivity contribution in [1.29, 1.82) is 0 Å². The molecule has 0 aromatic heterocycles. The molecule has 0 bridgehead atoms. The first-order chi connectivity index (χ1) is 7.48. The third-order valence-corrected chi connectivity index (χ3v) is 3.92. The van der Waals surface area contributed by atoms with Gasteiger partial charge in [-0.25, -0.2) is 13.6 Å². The van der Waals surface area contributed by atoms with Crippen LogP contribution in [0.15, 0.2) is 23.1 Å². The maximum atomic E-state index is 11.3. The monoisotopic (exact) mass is 240 g/mol. The van der Waals surface area contributed by atoms with Crippen LogP contribution in [0.2, 0.25) is 0 Å². The van der Waals surface area contributed by atoms with Gasteiger partial charge in [0.2, 0.25) is 10.0 Å². The van der Waals surface area contributed by atoms with Crippen LogP contribution in [0, 0.1) is 6.92 Å². The van der Waals surface area contributed by atoms with Crippen LogP contribution in [0.1, 0.15) is 24.0 Å². The molecule has 88 valence electrons. The normalized spacial score (nSPS) is 16.4. The maximum absolute atomic E-state index is 11.3. The Morgan fingerprint density at radius 1 is 1.44 bits per heavy atom. The Hall–Kier alpha value is -0.910. The molecule has 0 unspecified atom stereocenters. The molecule has 0 aliphatic heterocycles. The first-order valence-electron chi connectivity index (χ1n) is 5.33. The highest BCUT2D eigenvalue weighted by Crippen LogP contribution is 2.21. The van der Waals surface area contributed by atoms with E-state index >= 15 is 0 Å². The number of primary sulfonamides is 1. The van der Waals surface area contributed by atoms with E-state index < -0.39 is 10.0 Å². The van der Waals surface area contributed by atoms with Crippen LogP contribution in [0.3, 0.4) is 0 Å². The summed E-state index contributed by atoms with van der Waals surface area (Å²) in [6, 6.07) is 5.82. The highest BCUT2D eigenvalue weighted by atomic mass is 32.2. The zero-order valence-corrected chi connectivity index (χ0v) is 10.0. The Labute approximate surface area is 95.9 Å². The van der Waals surface area contributed by atoms with Crippen LogP contribution in [0.25, 0.3) is 0 Å². The summed E-state index contributed by atoms with van der Waals surface area (Å²) in [6.45, 7) is 2.50. The molecule has 5 heteroatoms. The number of rotatable bonds is 4. The molecular weight excluding hydrogens is 224 g/mol. The molecule has 1 aliphatic rings. The van der Waals surface area contributed by atoms with Crippen LogP contribution < -0.4 is 10.5 Å². The summed E-state index contributed by atoms with van der Waals surface area (Å²) in [5.41, 5.74) is 1.75. The standard InChI is InChI=1S/C11H16N2O2S/c1-8-9(7-13-10-5-6-10)3-2-4-11(8)16(12,14)15/h2-4,10,13H,5-7H2,1H3,(H2,12,14,15). The Morgan fingerprint density at radius 3 is 2.69 bits per heavy atom. The molecule has 0 heterocycles. The molecule has 1 aromatic rings. The van der Waals surface area contributed by atoms with Crippen molar-refractivity contribution in [2.24, 2.45) is 5.14 Å². The van der Waals surface area contributed by atoms with E-state index in [9.17, 15) is 8.42 Å². The van der Waals surface area contributed by atoms with E-state index in [1.54, 1.807) is 19.1 Å². The lowest BCUT2D eigenvalue weighted by atomic mass is 10.1. The summed E-state index contributed by atoms with van der Waals surface area (Å²) in [7, 11) is -3.61. The predicted octanol–water partition coefficient (Wildman–Crippen LogP) is 0.894. The highest BCUT2D eigenvalue weighted by Gasteiger charge is 2.21. The number of hydrogen-bond acceptors (Lipinski definition) is 3. The molecule has 0 radical (unpaired) electrons. The van der Waals surface area contributed by atoms with E-state index in [0.29, 0.717) is 12.6 Å². The third kappa shape index (κ3) is 2.61. The van der Waals surface area contributed by atoms with Crippen molar-refractivity contribution in [1.82, 2.24) is 5.32 Å². The first-order valence-corrected chi connectivity index (χ1v) is 6.88. The fraction of sp³-hybridized carbons (Fsp3) is 0.455. The molecule has 4 nitrogen and oxygen atoms in total. The molecule has 3 N–H and O–H groups in total. The topological polar surface area (TPSA) is 72.2 Å². The van der Waals surface area contributed by atoms with Gasteiger partial charge in [0.05, 0.1) is 4.90 Å². The maximum Gasteiger partial charge on any atom is 0.238 e. The molecule has 1 saturated carbocycles. The first kappa shape index (κ1) is 11.6. The zero-order valence-electron chi connectivity index (χ0n) is 9.23. The molecule has 0 atom stereocenters. The Balaban J connectivity index is 2.24. The van der Waals surface area contributed by atoms with Gasteiger partial charge in [0.25, 0.3) is 0 Å². The van der Waals surface area contributed by atoms with Crippen molar-refractivity contribution in [2.45, 2.75) is 37.2 Å². The lowest BCUT2D eigenvalue weighted by molar-refractivity contribution is 0.596. The van der Waals surface area contributed by atoms with Gasteiger partial charge >= 0.3 is 0 Å². The van der Waals surface area contributed by atoms with E-state index in [4.69, 9.17) is 5.14 Å². The lowest BCUT2D eigenvalue weighted by Gasteiger charge is -2.10. The van der Waals surface area contributed by atoms with Crippen LogP contribution in [0.5, 0.6) is 0 Å². The molecule has 0 spiro atoms. The number of nitrogens with one attached hydrogen (secondary N) is 1. The second kappa shape index (κ2) is 4.16. The van der Waals surface area contributed by atoms with E-state index in [2.05, 4.69) is 5.32 Å². The summed E-state index contributed by atoms with van der Waals surface area (Å²) in [5, 5.41) is 8.50. The summed E-state index contributed by atoms with van der Waals surface area (Å²) >= 11 is 0. The third-order valence-electron chi connectivity index (χ3n) is 2.86. The van der Waals surface area contributed by atoms with Gasteiger partial charge in [-0.05, 0) is 37.0 Å². The van der Waals surface area contributed by atoms with Gasteiger partial charge < -0.3 is 5.32 Å². The van der Waals surface area contributed by atoms with Crippen molar-refractivity contribution in [3.05, 3.63) is 29.3 Å². The molecule has 0 saturated heterocycles. The molecule has 1 aromatic carbocycles. The number of sulfonamides is 1. The quantitative estimate of drug-likeness (QED) is 0.821. The molecular formula is C11H16N2O2S. The minimum atomic E-state index is -3.61. The highest BCUT2D eigenvalue weighted by molar-refractivity contribution is 7.89. The average Bonchev–Trinajstić information content (AvgIpc) is 2.98. The second-order valence-electron chi connectivity index (χ2n) is 4.24. The van der Waals surface area contributed by atoms with E-state index in [1.165, 1.54) is 12.8 Å². The van der Waals surface area contributed by atoms with Gasteiger partial charge in [-0.3, -0.25) is 0 Å². The number of hydrogen-bond donors (Lipinski definition) is 2. The van der Waals surface area contributed by atoms with Crippen molar-refractivity contribution in [2.75, 3.05) is 0 Å². The van der Waals surface area contributed by atoms with Crippen LogP contribution in [-0.4, -0.2) is 14.5 Å². The van der Waals surface area contributed by atoms with Crippen molar-refractivity contribution in [3.8, 4) is 0 Å². The summed E-state index contributed by atoms with van der Waals surface area (Å²) in [4.78, 5) is 0.225. The fourth-order valence-electron chi connectivity index (χ4n) is 1.70. The van der Waals surface area contributed by atoms with Crippen molar-refractivity contribution in [3.63, 3.8) is 0 Å². The van der Waals surface area contributed by atoms with Gasteiger partial charge in [0, 0.05) is 12.6 Å². The minimum absolute atomic E-state index is 0.225. The Bertz CT molecular complexity index is 493. The van der Waals surface area contributed by atoms with Gasteiger partial charge in [-0.15, -0.1) is 0 Å². The van der Waals surface area contributed by atoms with E-state index in [1.807, 2.05) is 6.07 Å². The summed E-state index contributed by atoms with van der Waals surface area (Å²) < 4.78 is 22.6. The smallest absolute Gasteiger partial charge is 0.238 e. The molecule has 2 rings (SSSR count). The summed E-state index contributed by atoms with van der Waals surface area (Å²) in [5.74, 6) is 0. The largest absolute Gasteiger partial charge is 0.310 e. The van der Waals surface area contributed by atoms with Gasteiger partial charge in [0.15, 0.2) is 0 Å². The van der Waals surface area contributed by atoms with Crippen LogP contribution in [-0.2, 0) is 16.6 Å². The second-order valence-corrected chi connectivity index (χ2v) is 5.77. The van der Waals surface area contributed by atoms with Crippen LogP contribution >= 0.6 is 0 Å². The molecule has 16 heavy (non-hydrogen) atoms. The van der Waals surface area contributed by atoms with Gasteiger partial charge in [-0.1, -0.05) is 12.1 Å². The Kier molecular flexibility index (Phi) is 3.01. The van der Waals surface area contributed by atoms with E-state index in [0.717, 1.165) is 11.1 Å². The van der Waals surface area contributed by atoms with Crippen molar-refractivity contribution >= 4 is 10.0 Å². The van der Waals surface area contributed by atoms with E-state index in [-0.39, 0.29) is 4.90 Å². The predicted molar refractivity (Wildman–Crippen MR) is 62.4 cm³/mol. The van der Waals surface area contributed by atoms with Crippen molar-refractivity contribution < 1.29 is 8.42 Å². The number of benzene rings is 1. The summed E-state index contributed by atoms with van der Waals surface area (Å²) in [6.07, 6.45) is 2.43. The van der Waals surface area contributed by atoms with Gasteiger partial charge in [-0.2, -0.15) is 0 Å². The van der Waals surface area contributed by atoms with Crippen LogP contribution in [0.4, 0.5) is 0 Å². The fourth-order valence-corrected chi connectivity index (χ4v) is 2.53. The lowest BCUT2D eigenvalue weighted by Crippen LogP contribution is -2.18. The SMILES string of the molecule is Cc1c(CNC2CC2)cccc1S(N)(=O)=O. The minimum Gasteiger partial charge on any atom is -0.310 e. The van der Waals surface area contributed by atoms with Gasteiger partial charge in [0.1, 0.15) is 0 Å².